The molecule has 1 aliphatic heterocycles. The van der Waals surface area contributed by atoms with Crippen molar-refractivity contribution in [1.29, 1.82) is 0 Å². The highest BCUT2D eigenvalue weighted by molar-refractivity contribution is 6.33. The molecular formula is C15H18ClN5O2. The number of hydrogen-bond acceptors (Lipinski definition) is 6. The first kappa shape index (κ1) is 15.6. The van der Waals surface area contributed by atoms with E-state index in [-0.39, 0.29) is 22.5 Å². The van der Waals surface area contributed by atoms with Crippen molar-refractivity contribution in [1.82, 2.24) is 0 Å². The summed E-state index contributed by atoms with van der Waals surface area (Å²) in [6.45, 7) is 0. The number of aromatic carboxylic acids is 1. The van der Waals surface area contributed by atoms with Gasteiger partial charge in [-0.15, -0.1) is 0 Å². The zero-order valence-corrected chi connectivity index (χ0v) is 13.3. The maximum absolute atomic E-state index is 11.3. The molecule has 1 heterocycles. The molecule has 1 aromatic rings. The van der Waals surface area contributed by atoms with E-state index >= 15 is 0 Å². The number of benzene rings is 1. The van der Waals surface area contributed by atoms with Crippen molar-refractivity contribution in [2.24, 2.45) is 21.5 Å². The summed E-state index contributed by atoms with van der Waals surface area (Å²) in [7, 11) is 0. The third-order valence-electron chi connectivity index (χ3n) is 4.29. The lowest BCUT2D eigenvalue weighted by Crippen LogP contribution is -2.58. The van der Waals surface area contributed by atoms with Crippen molar-refractivity contribution in [3.8, 4) is 0 Å². The first-order chi connectivity index (χ1) is 10.9. The van der Waals surface area contributed by atoms with E-state index in [1.807, 2.05) is 0 Å². The molecule has 7 nitrogen and oxygen atoms in total. The lowest BCUT2D eigenvalue weighted by molar-refractivity contribution is 0.0697. The second-order valence-electron chi connectivity index (χ2n) is 5.79. The van der Waals surface area contributed by atoms with E-state index in [1.165, 1.54) is 6.07 Å². The molecule has 1 aromatic carbocycles. The molecule has 23 heavy (non-hydrogen) atoms. The number of halogens is 1. The van der Waals surface area contributed by atoms with Gasteiger partial charge in [0, 0.05) is 5.69 Å². The Morgan fingerprint density at radius 2 is 1.96 bits per heavy atom. The molecule has 1 aliphatic carbocycles. The van der Waals surface area contributed by atoms with Crippen molar-refractivity contribution in [3.05, 3.63) is 28.8 Å². The molecular weight excluding hydrogens is 318 g/mol. The number of anilines is 1. The smallest absolute Gasteiger partial charge is 0.337 e. The standard InChI is InChI=1S/C15H18ClN5O2/c16-11-5-4-9(8-10(11)12(22)23)21-14(18)19-13(17)20-15(21)6-2-1-3-7-15/h4-5,8H,1-3,6-7H2,(H,22,23)(H4,17,18,19,20). The lowest BCUT2D eigenvalue weighted by atomic mass is 9.87. The minimum absolute atomic E-state index is 0.0189. The molecule has 0 amide bonds. The van der Waals surface area contributed by atoms with Crippen molar-refractivity contribution in [2.45, 2.75) is 37.8 Å². The SMILES string of the molecule is NC1=NC2(CCCCC2)N(c2ccc(Cl)c(C(=O)O)c2)C(N)=N1. The molecule has 8 heteroatoms. The molecule has 1 spiro atoms. The summed E-state index contributed by atoms with van der Waals surface area (Å²) < 4.78 is 0. The molecule has 0 bridgehead atoms. The molecule has 3 rings (SSSR count). The Morgan fingerprint density at radius 1 is 1.26 bits per heavy atom. The van der Waals surface area contributed by atoms with Crippen LogP contribution >= 0.6 is 11.6 Å². The normalized spacial score (nSPS) is 20.1. The summed E-state index contributed by atoms with van der Waals surface area (Å²) in [5.41, 5.74) is 11.9. The maximum Gasteiger partial charge on any atom is 0.337 e. The van der Waals surface area contributed by atoms with Gasteiger partial charge in [-0.3, -0.25) is 4.90 Å². The molecule has 0 saturated heterocycles. The van der Waals surface area contributed by atoms with Crippen LogP contribution in [0.3, 0.4) is 0 Å². The number of hydrogen-bond donors (Lipinski definition) is 3. The first-order valence-electron chi connectivity index (χ1n) is 7.45. The van der Waals surface area contributed by atoms with E-state index in [1.54, 1.807) is 17.0 Å². The van der Waals surface area contributed by atoms with Crippen LogP contribution in [0.25, 0.3) is 0 Å². The van der Waals surface area contributed by atoms with Gasteiger partial charge in [-0.2, -0.15) is 4.99 Å². The third kappa shape index (κ3) is 2.72. The number of nitrogens with zero attached hydrogens (tertiary/aromatic N) is 3. The van der Waals surface area contributed by atoms with E-state index in [4.69, 9.17) is 23.1 Å². The Kier molecular flexibility index (Phi) is 3.89. The second-order valence-corrected chi connectivity index (χ2v) is 6.20. The zero-order valence-electron chi connectivity index (χ0n) is 12.5. The summed E-state index contributed by atoms with van der Waals surface area (Å²) in [6.07, 6.45) is 4.70. The van der Waals surface area contributed by atoms with E-state index < -0.39 is 11.6 Å². The average Bonchev–Trinajstić information content (AvgIpc) is 2.48. The van der Waals surface area contributed by atoms with Gasteiger partial charge in [0.2, 0.25) is 11.9 Å². The van der Waals surface area contributed by atoms with Gasteiger partial charge in [0.25, 0.3) is 0 Å². The van der Waals surface area contributed by atoms with Gasteiger partial charge >= 0.3 is 5.97 Å². The minimum Gasteiger partial charge on any atom is -0.478 e. The third-order valence-corrected chi connectivity index (χ3v) is 4.62. The highest BCUT2D eigenvalue weighted by Crippen LogP contribution is 2.40. The van der Waals surface area contributed by atoms with Gasteiger partial charge in [-0.05, 0) is 43.9 Å². The fourth-order valence-corrected chi connectivity index (χ4v) is 3.51. The Labute approximate surface area is 138 Å². The molecule has 0 aromatic heterocycles. The summed E-state index contributed by atoms with van der Waals surface area (Å²) in [4.78, 5) is 21.7. The van der Waals surface area contributed by atoms with Crippen LogP contribution in [0.1, 0.15) is 42.5 Å². The number of nitrogens with two attached hydrogens (primary N) is 2. The van der Waals surface area contributed by atoms with Crippen molar-refractivity contribution in [2.75, 3.05) is 4.90 Å². The lowest BCUT2D eigenvalue weighted by Gasteiger charge is -2.45. The Hall–Kier alpha value is -2.28. The van der Waals surface area contributed by atoms with Gasteiger partial charge in [0.15, 0.2) is 0 Å². The number of aliphatic imine (C=N–C) groups is 2. The van der Waals surface area contributed by atoms with Crippen LogP contribution in [0.15, 0.2) is 28.2 Å². The highest BCUT2D eigenvalue weighted by atomic mass is 35.5. The molecule has 1 saturated carbocycles. The van der Waals surface area contributed by atoms with Crippen molar-refractivity contribution < 1.29 is 9.90 Å². The molecule has 2 aliphatic rings. The average molecular weight is 336 g/mol. The van der Waals surface area contributed by atoms with E-state index in [9.17, 15) is 9.90 Å². The minimum atomic E-state index is -1.09. The molecule has 0 atom stereocenters. The maximum atomic E-state index is 11.3. The Bertz CT molecular complexity index is 710. The van der Waals surface area contributed by atoms with Gasteiger partial charge in [0.1, 0.15) is 5.66 Å². The van der Waals surface area contributed by atoms with Gasteiger partial charge in [-0.25, -0.2) is 9.79 Å². The second kappa shape index (κ2) is 5.73. The van der Waals surface area contributed by atoms with E-state index in [0.717, 1.165) is 32.1 Å². The van der Waals surface area contributed by atoms with Crippen molar-refractivity contribution in [3.63, 3.8) is 0 Å². The summed E-state index contributed by atoms with van der Waals surface area (Å²) in [5.74, 6) is -0.712. The number of carbonyl (C=O) groups is 1. The van der Waals surface area contributed by atoms with Gasteiger partial charge < -0.3 is 16.6 Å². The van der Waals surface area contributed by atoms with E-state index in [0.29, 0.717) is 5.69 Å². The van der Waals surface area contributed by atoms with Crippen LogP contribution in [-0.2, 0) is 0 Å². The van der Waals surface area contributed by atoms with Gasteiger partial charge in [-0.1, -0.05) is 18.0 Å². The number of rotatable bonds is 2. The van der Waals surface area contributed by atoms with Crippen molar-refractivity contribution >= 4 is 35.2 Å². The Morgan fingerprint density at radius 3 is 2.61 bits per heavy atom. The summed E-state index contributed by atoms with van der Waals surface area (Å²) >= 11 is 5.96. The van der Waals surface area contributed by atoms with Crippen LogP contribution in [0.2, 0.25) is 5.02 Å². The highest BCUT2D eigenvalue weighted by Gasteiger charge is 2.42. The quantitative estimate of drug-likeness (QED) is 0.765. The summed E-state index contributed by atoms with van der Waals surface area (Å²) in [5, 5.41) is 9.46. The predicted octanol–water partition coefficient (Wildman–Crippen LogP) is 2.15. The predicted molar refractivity (Wildman–Crippen MR) is 90.0 cm³/mol. The molecule has 0 unspecified atom stereocenters. The fourth-order valence-electron chi connectivity index (χ4n) is 3.31. The van der Waals surface area contributed by atoms with Gasteiger partial charge in [0.05, 0.1) is 10.6 Å². The summed E-state index contributed by atoms with van der Waals surface area (Å²) in [6, 6.07) is 4.77. The van der Waals surface area contributed by atoms with Crippen LogP contribution in [0.4, 0.5) is 5.69 Å². The molecule has 122 valence electrons. The van der Waals surface area contributed by atoms with Crippen LogP contribution in [-0.4, -0.2) is 28.7 Å². The molecule has 0 radical (unpaired) electrons. The Balaban J connectivity index is 2.10. The zero-order chi connectivity index (χ0) is 16.6. The number of carboxylic acids is 1. The number of guanidine groups is 2. The van der Waals surface area contributed by atoms with Crippen LogP contribution in [0.5, 0.6) is 0 Å². The number of carboxylic acid groups (broad SMARTS) is 1. The molecule has 5 N–H and O–H groups in total. The topological polar surface area (TPSA) is 117 Å². The van der Waals surface area contributed by atoms with Crippen LogP contribution < -0.4 is 16.4 Å². The first-order valence-corrected chi connectivity index (χ1v) is 7.83. The fraction of sp³-hybridized carbons (Fsp3) is 0.400. The molecule has 1 fully saturated rings. The van der Waals surface area contributed by atoms with Crippen LogP contribution in [0, 0.1) is 0 Å². The monoisotopic (exact) mass is 335 g/mol. The van der Waals surface area contributed by atoms with E-state index in [2.05, 4.69) is 9.98 Å². The largest absolute Gasteiger partial charge is 0.478 e.